The van der Waals surface area contributed by atoms with Gasteiger partial charge in [0.2, 0.25) is 11.0 Å². The summed E-state index contributed by atoms with van der Waals surface area (Å²) in [6.45, 7) is 0. The maximum absolute atomic E-state index is 15.0. The van der Waals surface area contributed by atoms with Crippen molar-refractivity contribution in [2.75, 3.05) is 16.0 Å². The zero-order valence-corrected chi connectivity index (χ0v) is 23.2. The van der Waals surface area contributed by atoms with Gasteiger partial charge in [-0.25, -0.2) is 4.39 Å². The number of carbonyl (C=O) groups excluding carboxylic acids is 2. The second-order valence-electron chi connectivity index (χ2n) is 8.62. The second kappa shape index (κ2) is 11.4. The van der Waals surface area contributed by atoms with Gasteiger partial charge in [-0.2, -0.15) is 5.26 Å². The summed E-state index contributed by atoms with van der Waals surface area (Å²) in [6, 6.07) is 13.2. The lowest BCUT2D eigenvalue weighted by Gasteiger charge is -2.38. The molecule has 3 N–H and O–H groups in total. The SMILES string of the molecule is N#CC1=C(N)N(c2nnc(SCC(=O)Nc3ccccc3Cl)s2)C2=C(C(=O)CCC2)C1c1c(F)cccc1Cl. The Labute approximate surface area is 241 Å². The Morgan fingerprint density at radius 2 is 1.97 bits per heavy atom. The van der Waals surface area contributed by atoms with E-state index < -0.39 is 11.7 Å². The number of benzene rings is 2. The van der Waals surface area contributed by atoms with Crippen molar-refractivity contribution in [1.29, 1.82) is 5.26 Å². The summed E-state index contributed by atoms with van der Waals surface area (Å²) in [7, 11) is 0. The zero-order valence-electron chi connectivity index (χ0n) is 20.1. The van der Waals surface area contributed by atoms with Crippen LogP contribution in [0.3, 0.4) is 0 Å². The molecule has 1 amide bonds. The Hall–Kier alpha value is -3.43. The molecule has 2 aliphatic rings. The molecule has 2 aromatic carbocycles. The molecule has 39 heavy (non-hydrogen) atoms. The number of rotatable bonds is 6. The molecule has 0 bridgehead atoms. The largest absolute Gasteiger partial charge is 0.384 e. The van der Waals surface area contributed by atoms with Crippen LogP contribution in [0.1, 0.15) is 30.7 Å². The molecule has 8 nitrogen and oxygen atoms in total. The maximum Gasteiger partial charge on any atom is 0.234 e. The third-order valence-corrected chi connectivity index (χ3v) is 8.96. The van der Waals surface area contributed by atoms with Crippen molar-refractivity contribution in [1.82, 2.24) is 10.2 Å². The highest BCUT2D eigenvalue weighted by atomic mass is 35.5. The monoisotopic (exact) mass is 600 g/mol. The smallest absolute Gasteiger partial charge is 0.234 e. The van der Waals surface area contributed by atoms with Gasteiger partial charge in [-0.1, -0.05) is 64.5 Å². The van der Waals surface area contributed by atoms with Crippen molar-refractivity contribution in [2.24, 2.45) is 5.73 Å². The fraction of sp³-hybridized carbons (Fsp3) is 0.192. The van der Waals surface area contributed by atoms with E-state index in [4.69, 9.17) is 28.9 Å². The number of nitrogens with two attached hydrogens (primary N) is 1. The van der Waals surface area contributed by atoms with Crippen LogP contribution in [0.4, 0.5) is 15.2 Å². The maximum atomic E-state index is 15.0. The number of ketones is 1. The molecule has 3 aromatic rings. The van der Waals surface area contributed by atoms with Crippen molar-refractivity contribution in [3.63, 3.8) is 0 Å². The summed E-state index contributed by atoms with van der Waals surface area (Å²) >= 11 is 14.8. The van der Waals surface area contributed by atoms with Gasteiger partial charge in [0, 0.05) is 28.3 Å². The minimum absolute atomic E-state index is 0.000444. The van der Waals surface area contributed by atoms with E-state index in [9.17, 15) is 14.9 Å². The van der Waals surface area contributed by atoms with Crippen LogP contribution in [0.15, 0.2) is 69.5 Å². The summed E-state index contributed by atoms with van der Waals surface area (Å²) in [4.78, 5) is 27.2. The van der Waals surface area contributed by atoms with Gasteiger partial charge in [-0.15, -0.1) is 10.2 Å². The van der Waals surface area contributed by atoms with Gasteiger partial charge in [-0.3, -0.25) is 14.5 Å². The van der Waals surface area contributed by atoms with Crippen LogP contribution in [-0.2, 0) is 9.59 Å². The predicted molar refractivity (Wildman–Crippen MR) is 150 cm³/mol. The standard InChI is InChI=1S/C26H19Cl2FN6O2S2/c27-14-5-1-2-8-17(14)32-20(37)12-38-26-34-33-25(39-26)35-18-9-4-10-19(36)23(18)21(13(11-30)24(35)31)22-15(28)6-3-7-16(22)29/h1-3,5-8,21H,4,9-10,12,31H2,(H,32,37). The van der Waals surface area contributed by atoms with Crippen LogP contribution in [0, 0.1) is 17.1 Å². The zero-order chi connectivity index (χ0) is 27.7. The Bertz CT molecular complexity index is 1580. The third-order valence-electron chi connectivity index (χ3n) is 6.26. The minimum Gasteiger partial charge on any atom is -0.384 e. The molecule has 0 saturated heterocycles. The first-order chi connectivity index (χ1) is 18.8. The minimum atomic E-state index is -1.03. The van der Waals surface area contributed by atoms with Gasteiger partial charge >= 0.3 is 0 Å². The van der Waals surface area contributed by atoms with E-state index in [0.29, 0.717) is 38.7 Å². The topological polar surface area (TPSA) is 125 Å². The molecule has 2 heterocycles. The number of aromatic nitrogens is 2. The third kappa shape index (κ3) is 5.25. The van der Waals surface area contributed by atoms with Crippen molar-refractivity contribution in [3.05, 3.63) is 86.6 Å². The van der Waals surface area contributed by atoms with E-state index in [0.717, 1.165) is 11.3 Å². The lowest BCUT2D eigenvalue weighted by Crippen LogP contribution is -2.39. The Morgan fingerprint density at radius 3 is 2.72 bits per heavy atom. The van der Waals surface area contributed by atoms with E-state index in [1.54, 1.807) is 29.2 Å². The molecule has 198 valence electrons. The van der Waals surface area contributed by atoms with Gasteiger partial charge in [0.1, 0.15) is 11.6 Å². The average Bonchev–Trinajstić information content (AvgIpc) is 3.37. The molecule has 13 heteroatoms. The number of hydrogen-bond donors (Lipinski definition) is 2. The van der Waals surface area contributed by atoms with Crippen molar-refractivity contribution >= 4 is 68.8 Å². The van der Waals surface area contributed by atoms with Crippen LogP contribution < -0.4 is 16.0 Å². The number of nitrogens with one attached hydrogen (secondary N) is 1. The van der Waals surface area contributed by atoms with Crippen LogP contribution in [0.25, 0.3) is 0 Å². The first-order valence-corrected chi connectivity index (χ1v) is 14.3. The summed E-state index contributed by atoms with van der Waals surface area (Å²) in [5, 5.41) is 22.1. The average molecular weight is 602 g/mol. The number of nitriles is 1. The summed E-state index contributed by atoms with van der Waals surface area (Å²) in [5.74, 6) is -2.06. The Morgan fingerprint density at radius 1 is 1.21 bits per heavy atom. The van der Waals surface area contributed by atoms with Crippen LogP contribution in [0.5, 0.6) is 0 Å². The number of Topliss-reactive ketones (excluding diaryl/α,β-unsaturated/α-hetero) is 1. The van der Waals surface area contributed by atoms with Crippen molar-refractivity contribution < 1.29 is 14.0 Å². The fourth-order valence-electron chi connectivity index (χ4n) is 4.61. The predicted octanol–water partition coefficient (Wildman–Crippen LogP) is 6.02. The van der Waals surface area contributed by atoms with E-state index in [-0.39, 0.29) is 51.4 Å². The van der Waals surface area contributed by atoms with Crippen LogP contribution in [0.2, 0.25) is 10.0 Å². The molecule has 0 fully saturated rings. The van der Waals surface area contributed by atoms with Gasteiger partial charge in [0.05, 0.1) is 34.0 Å². The summed E-state index contributed by atoms with van der Waals surface area (Å²) in [6.07, 6.45) is 1.28. The highest BCUT2D eigenvalue weighted by molar-refractivity contribution is 8.01. The molecule has 0 saturated carbocycles. The number of halogens is 3. The van der Waals surface area contributed by atoms with Gasteiger partial charge in [-0.05, 0) is 37.1 Å². The molecule has 1 aliphatic carbocycles. The number of amides is 1. The molecule has 1 aliphatic heterocycles. The molecule has 0 radical (unpaired) electrons. The fourth-order valence-corrected chi connectivity index (χ4v) is 6.74. The van der Waals surface area contributed by atoms with Crippen LogP contribution in [-0.4, -0.2) is 27.6 Å². The summed E-state index contributed by atoms with van der Waals surface area (Å²) in [5.41, 5.74) is 7.87. The normalized spacial score (nSPS) is 17.2. The first kappa shape index (κ1) is 27.1. The van der Waals surface area contributed by atoms with Crippen LogP contribution >= 0.6 is 46.3 Å². The number of hydrogen-bond acceptors (Lipinski definition) is 9. The number of nitrogens with zero attached hydrogens (tertiary/aromatic N) is 4. The molecule has 1 unspecified atom stereocenters. The van der Waals surface area contributed by atoms with Gasteiger partial charge in [0.25, 0.3) is 0 Å². The van der Waals surface area contributed by atoms with E-state index in [1.807, 2.05) is 0 Å². The number of anilines is 2. The molecule has 1 aromatic heterocycles. The molecular weight excluding hydrogens is 582 g/mol. The number of carbonyl (C=O) groups is 2. The second-order valence-corrected chi connectivity index (χ2v) is 11.6. The molecular formula is C26H19Cl2FN6O2S2. The van der Waals surface area contributed by atoms with E-state index in [1.165, 1.54) is 30.0 Å². The van der Waals surface area contributed by atoms with Gasteiger partial charge < -0.3 is 11.1 Å². The number of allylic oxidation sites excluding steroid dienone is 3. The molecule has 5 rings (SSSR count). The molecule has 0 spiro atoms. The van der Waals surface area contributed by atoms with E-state index in [2.05, 4.69) is 21.6 Å². The molecule has 1 atom stereocenters. The Balaban J connectivity index is 1.46. The lowest BCUT2D eigenvalue weighted by atomic mass is 9.75. The first-order valence-electron chi connectivity index (χ1n) is 11.7. The van der Waals surface area contributed by atoms with Gasteiger partial charge in [0.15, 0.2) is 10.1 Å². The van der Waals surface area contributed by atoms with Crippen molar-refractivity contribution in [3.8, 4) is 6.07 Å². The highest BCUT2D eigenvalue weighted by Gasteiger charge is 2.42. The number of para-hydroxylation sites is 1. The summed E-state index contributed by atoms with van der Waals surface area (Å²) < 4.78 is 15.5. The number of thioether (sulfide) groups is 1. The highest BCUT2D eigenvalue weighted by Crippen LogP contribution is 2.49. The Kier molecular flexibility index (Phi) is 7.91. The van der Waals surface area contributed by atoms with Crippen molar-refractivity contribution in [2.45, 2.75) is 29.5 Å². The lowest BCUT2D eigenvalue weighted by molar-refractivity contribution is -0.116. The quantitative estimate of drug-likeness (QED) is 0.329. The van der Waals surface area contributed by atoms with E-state index >= 15 is 4.39 Å².